The van der Waals surface area contributed by atoms with E-state index in [2.05, 4.69) is 25.3 Å². The number of nitrogens with zero attached hydrogens (tertiary/aromatic N) is 4. The van der Waals surface area contributed by atoms with E-state index >= 15 is 0 Å². The summed E-state index contributed by atoms with van der Waals surface area (Å²) in [4.78, 5) is 24.1. The van der Waals surface area contributed by atoms with Crippen LogP contribution in [-0.2, 0) is 17.0 Å². The van der Waals surface area contributed by atoms with Crippen molar-refractivity contribution in [2.45, 2.75) is 31.2 Å². The van der Waals surface area contributed by atoms with E-state index in [-0.39, 0.29) is 5.91 Å². The van der Waals surface area contributed by atoms with Gasteiger partial charge in [0.2, 0.25) is 0 Å². The van der Waals surface area contributed by atoms with Gasteiger partial charge in [-0.15, -0.1) is 11.8 Å². The number of ether oxygens (including phenoxy) is 1. The Morgan fingerprint density at radius 1 is 1.16 bits per heavy atom. The number of morpholine rings is 1. The van der Waals surface area contributed by atoms with Crippen LogP contribution < -0.4 is 10.2 Å². The van der Waals surface area contributed by atoms with Gasteiger partial charge >= 0.3 is 0 Å². The average Bonchev–Trinajstić information content (AvgIpc) is 3.14. The van der Waals surface area contributed by atoms with Crippen molar-refractivity contribution in [3.8, 4) is 0 Å². The molecule has 0 aliphatic carbocycles. The van der Waals surface area contributed by atoms with Gasteiger partial charge in [0.1, 0.15) is 16.6 Å². The molecule has 31 heavy (non-hydrogen) atoms. The molecule has 1 N–H and O–H groups in total. The number of aryl methyl sites for hydroxylation is 2. The fourth-order valence-corrected chi connectivity index (χ4v) is 4.57. The first-order valence-corrected chi connectivity index (χ1v) is 11.2. The summed E-state index contributed by atoms with van der Waals surface area (Å²) in [5, 5.41) is 7.70. The van der Waals surface area contributed by atoms with Crippen LogP contribution in [0.5, 0.6) is 0 Å². The molecule has 4 rings (SSSR count). The molecule has 1 amide bonds. The van der Waals surface area contributed by atoms with Crippen LogP contribution >= 0.6 is 11.8 Å². The number of anilines is 1. The van der Waals surface area contributed by atoms with Crippen molar-refractivity contribution in [2.75, 3.05) is 31.2 Å². The zero-order valence-corrected chi connectivity index (χ0v) is 18.4. The monoisotopic (exact) mass is 439 g/mol. The van der Waals surface area contributed by atoms with Crippen LogP contribution in [0.1, 0.15) is 32.9 Å². The SMILES string of the molecule is Cc1noc(C)c1CSc1ncccc1C(=O)NCc1cccnc1N1CCOCC1. The largest absolute Gasteiger partial charge is 0.378 e. The number of carbonyl (C=O) groups excluding carboxylic acids is 1. The minimum Gasteiger partial charge on any atom is -0.378 e. The van der Waals surface area contributed by atoms with Crippen LogP contribution in [-0.4, -0.2) is 47.3 Å². The summed E-state index contributed by atoms with van der Waals surface area (Å²) in [5.41, 5.74) is 3.43. The van der Waals surface area contributed by atoms with Crippen molar-refractivity contribution in [3.05, 3.63) is 64.8 Å². The van der Waals surface area contributed by atoms with Crippen LogP contribution in [0.3, 0.4) is 0 Å². The van der Waals surface area contributed by atoms with E-state index in [4.69, 9.17) is 9.26 Å². The lowest BCUT2D eigenvalue weighted by Crippen LogP contribution is -2.37. The molecular weight excluding hydrogens is 414 g/mol. The molecular formula is C22H25N5O3S. The van der Waals surface area contributed by atoms with Gasteiger partial charge in [0.25, 0.3) is 5.91 Å². The van der Waals surface area contributed by atoms with Crippen LogP contribution in [0.2, 0.25) is 0 Å². The normalized spacial score (nSPS) is 13.9. The first-order valence-electron chi connectivity index (χ1n) is 10.2. The van der Waals surface area contributed by atoms with Gasteiger partial charge in [-0.3, -0.25) is 4.79 Å². The van der Waals surface area contributed by atoms with Gasteiger partial charge in [0.15, 0.2) is 0 Å². The highest BCUT2D eigenvalue weighted by molar-refractivity contribution is 7.98. The molecule has 3 aromatic rings. The van der Waals surface area contributed by atoms with Gasteiger partial charge in [-0.2, -0.15) is 0 Å². The molecule has 9 heteroatoms. The van der Waals surface area contributed by atoms with E-state index in [0.717, 1.165) is 41.5 Å². The van der Waals surface area contributed by atoms with E-state index < -0.39 is 0 Å². The van der Waals surface area contributed by atoms with Crippen molar-refractivity contribution in [1.29, 1.82) is 0 Å². The molecule has 1 saturated heterocycles. The van der Waals surface area contributed by atoms with Crippen LogP contribution in [0.25, 0.3) is 0 Å². The number of rotatable bonds is 7. The van der Waals surface area contributed by atoms with Gasteiger partial charge in [-0.1, -0.05) is 11.2 Å². The standard InChI is InChI=1S/C22H25N5O3S/c1-15-19(16(2)30-26-15)14-31-22-18(6-4-8-24-22)21(28)25-13-17-5-3-7-23-20(17)27-9-11-29-12-10-27/h3-8H,9-14H2,1-2H3,(H,25,28). The minimum absolute atomic E-state index is 0.161. The van der Waals surface area contributed by atoms with Crippen molar-refractivity contribution in [1.82, 2.24) is 20.4 Å². The Morgan fingerprint density at radius 2 is 1.94 bits per heavy atom. The van der Waals surface area contributed by atoms with Gasteiger partial charge in [0.05, 0.1) is 24.5 Å². The quantitative estimate of drug-likeness (QED) is 0.561. The number of aromatic nitrogens is 3. The molecule has 0 unspecified atom stereocenters. The Balaban J connectivity index is 1.44. The molecule has 0 radical (unpaired) electrons. The smallest absolute Gasteiger partial charge is 0.254 e. The Hall–Kier alpha value is -2.91. The molecule has 0 bridgehead atoms. The first kappa shape index (κ1) is 21.3. The van der Waals surface area contributed by atoms with Gasteiger partial charge in [-0.05, 0) is 32.0 Å². The zero-order valence-electron chi connectivity index (χ0n) is 17.6. The predicted molar refractivity (Wildman–Crippen MR) is 118 cm³/mol. The molecule has 162 valence electrons. The molecule has 8 nitrogen and oxygen atoms in total. The van der Waals surface area contributed by atoms with E-state index in [0.29, 0.717) is 36.1 Å². The van der Waals surface area contributed by atoms with Crippen LogP contribution in [0.4, 0.5) is 5.82 Å². The van der Waals surface area contributed by atoms with Gasteiger partial charge < -0.3 is 19.5 Å². The van der Waals surface area contributed by atoms with Gasteiger partial charge in [-0.25, -0.2) is 9.97 Å². The fourth-order valence-electron chi connectivity index (χ4n) is 3.43. The highest BCUT2D eigenvalue weighted by Gasteiger charge is 2.18. The maximum Gasteiger partial charge on any atom is 0.254 e. The number of carbonyl (C=O) groups is 1. The van der Waals surface area contributed by atoms with E-state index in [1.54, 1.807) is 24.5 Å². The lowest BCUT2D eigenvalue weighted by atomic mass is 10.2. The second-order valence-corrected chi connectivity index (χ2v) is 8.18. The third-order valence-corrected chi connectivity index (χ3v) is 6.20. The summed E-state index contributed by atoms with van der Waals surface area (Å²) >= 11 is 1.50. The summed E-state index contributed by atoms with van der Waals surface area (Å²) in [5.74, 6) is 2.16. The third kappa shape index (κ3) is 5.05. The van der Waals surface area contributed by atoms with Gasteiger partial charge in [0, 0.05) is 48.9 Å². The van der Waals surface area contributed by atoms with Crippen LogP contribution in [0.15, 0.2) is 46.2 Å². The summed E-state index contributed by atoms with van der Waals surface area (Å²) in [6.07, 6.45) is 3.48. The number of hydrogen-bond acceptors (Lipinski definition) is 8. The number of amides is 1. The molecule has 4 heterocycles. The molecule has 0 aromatic carbocycles. The second kappa shape index (κ2) is 9.93. The Labute approximate surface area is 185 Å². The molecule has 1 aliphatic rings. The summed E-state index contributed by atoms with van der Waals surface area (Å²) in [7, 11) is 0. The lowest BCUT2D eigenvalue weighted by molar-refractivity contribution is 0.0947. The number of thioether (sulfide) groups is 1. The predicted octanol–water partition coefficient (Wildman–Crippen LogP) is 3.14. The fraction of sp³-hybridized carbons (Fsp3) is 0.364. The molecule has 0 spiro atoms. The maximum atomic E-state index is 13.0. The Morgan fingerprint density at radius 3 is 2.71 bits per heavy atom. The third-order valence-electron chi connectivity index (χ3n) is 5.17. The van der Waals surface area contributed by atoms with Crippen molar-refractivity contribution in [2.24, 2.45) is 0 Å². The lowest BCUT2D eigenvalue weighted by Gasteiger charge is -2.29. The van der Waals surface area contributed by atoms with E-state index in [9.17, 15) is 4.79 Å². The highest BCUT2D eigenvalue weighted by atomic mass is 32.2. The number of nitrogens with one attached hydrogen (secondary N) is 1. The molecule has 0 saturated carbocycles. The molecule has 1 aliphatic heterocycles. The van der Waals surface area contributed by atoms with E-state index in [1.807, 2.05) is 26.0 Å². The minimum atomic E-state index is -0.161. The topological polar surface area (TPSA) is 93.4 Å². The second-order valence-electron chi connectivity index (χ2n) is 7.22. The van der Waals surface area contributed by atoms with Crippen LogP contribution in [0, 0.1) is 13.8 Å². The van der Waals surface area contributed by atoms with Crippen molar-refractivity contribution < 1.29 is 14.1 Å². The maximum absolute atomic E-state index is 13.0. The highest BCUT2D eigenvalue weighted by Crippen LogP contribution is 2.27. The molecule has 1 fully saturated rings. The van der Waals surface area contributed by atoms with E-state index in [1.165, 1.54) is 11.8 Å². The number of hydrogen-bond donors (Lipinski definition) is 1. The molecule has 0 atom stereocenters. The molecule has 3 aromatic heterocycles. The Bertz CT molecular complexity index is 1030. The zero-order chi connectivity index (χ0) is 21.6. The summed E-state index contributed by atoms with van der Waals surface area (Å²) in [6.45, 7) is 7.15. The Kier molecular flexibility index (Phi) is 6.83. The average molecular weight is 440 g/mol. The number of pyridine rings is 2. The van der Waals surface area contributed by atoms with Crippen molar-refractivity contribution >= 4 is 23.5 Å². The first-order chi connectivity index (χ1) is 15.1. The van der Waals surface area contributed by atoms with Crippen molar-refractivity contribution in [3.63, 3.8) is 0 Å². The summed E-state index contributed by atoms with van der Waals surface area (Å²) in [6, 6.07) is 7.46. The summed E-state index contributed by atoms with van der Waals surface area (Å²) < 4.78 is 10.7.